The van der Waals surface area contributed by atoms with E-state index in [1.54, 1.807) is 16.4 Å². The third-order valence-electron chi connectivity index (χ3n) is 2.90. The highest BCUT2D eigenvalue weighted by Gasteiger charge is 2.11. The van der Waals surface area contributed by atoms with Gasteiger partial charge >= 0.3 is 0 Å². The molecule has 1 aliphatic rings. The third-order valence-corrected chi connectivity index (χ3v) is 3.84. The van der Waals surface area contributed by atoms with Crippen LogP contribution in [0.5, 0.6) is 0 Å². The first-order chi connectivity index (χ1) is 8.40. The molecule has 1 aromatic heterocycles. The molecule has 1 aromatic rings. The van der Waals surface area contributed by atoms with Gasteiger partial charge in [0.25, 0.3) is 0 Å². The maximum Gasteiger partial charge on any atom is 0.209 e. The van der Waals surface area contributed by atoms with E-state index in [9.17, 15) is 0 Å². The molecule has 2 rings (SSSR count). The van der Waals surface area contributed by atoms with Gasteiger partial charge in [-0.05, 0) is 36.4 Å². The third kappa shape index (κ3) is 3.93. The van der Waals surface area contributed by atoms with E-state index in [-0.39, 0.29) is 6.61 Å². The van der Waals surface area contributed by atoms with Crippen molar-refractivity contribution in [1.82, 2.24) is 25.1 Å². The largest absolute Gasteiger partial charge is 0.394 e. The number of hydrogen-bond acceptors (Lipinski definition) is 6. The van der Waals surface area contributed by atoms with Gasteiger partial charge in [0.15, 0.2) is 0 Å². The van der Waals surface area contributed by atoms with Gasteiger partial charge in [-0.2, -0.15) is 0 Å². The number of likely N-dealkylation sites (tertiary alicyclic amines) is 1. The van der Waals surface area contributed by atoms with Gasteiger partial charge in [0.2, 0.25) is 5.16 Å². The number of aliphatic hydroxyl groups excluding tert-OH is 1. The summed E-state index contributed by atoms with van der Waals surface area (Å²) in [5, 5.41) is 21.1. The Labute approximate surface area is 105 Å². The molecule has 6 nitrogen and oxygen atoms in total. The van der Waals surface area contributed by atoms with Gasteiger partial charge in [0.1, 0.15) is 0 Å². The van der Waals surface area contributed by atoms with E-state index >= 15 is 0 Å². The van der Waals surface area contributed by atoms with E-state index in [1.807, 2.05) is 0 Å². The van der Waals surface area contributed by atoms with Crippen LogP contribution >= 0.6 is 11.8 Å². The predicted octanol–water partition coefficient (Wildman–Crippen LogP) is 0.243. The summed E-state index contributed by atoms with van der Waals surface area (Å²) in [5.74, 6) is 1.01. The fraction of sp³-hybridized carbons (Fsp3) is 0.900. The molecule has 0 radical (unpaired) electrons. The molecular weight excluding hydrogens is 238 g/mol. The second kappa shape index (κ2) is 6.93. The molecule has 17 heavy (non-hydrogen) atoms. The van der Waals surface area contributed by atoms with Crippen LogP contribution in [0.25, 0.3) is 0 Å². The molecule has 1 aliphatic heterocycles. The van der Waals surface area contributed by atoms with Crippen LogP contribution in [-0.2, 0) is 6.54 Å². The lowest BCUT2D eigenvalue weighted by Gasteiger charge is -2.25. The van der Waals surface area contributed by atoms with Crippen molar-refractivity contribution < 1.29 is 5.11 Å². The maximum absolute atomic E-state index is 8.86. The lowest BCUT2D eigenvalue weighted by atomic mass is 10.1. The average molecular weight is 257 g/mol. The highest BCUT2D eigenvalue weighted by atomic mass is 32.2. The lowest BCUT2D eigenvalue weighted by molar-refractivity contribution is 0.242. The fourth-order valence-corrected chi connectivity index (χ4v) is 2.89. The second-order valence-corrected chi connectivity index (χ2v) is 5.22. The van der Waals surface area contributed by atoms with Crippen LogP contribution in [0.1, 0.15) is 19.3 Å². The number of rotatable bonds is 6. The minimum atomic E-state index is 0.0741. The quantitative estimate of drug-likeness (QED) is 0.737. The standard InChI is InChI=1S/C10H19N5OS/c16-8-6-15-10(11-12-13-15)17-9-7-14-4-2-1-3-5-14/h16H,1-9H2. The zero-order chi connectivity index (χ0) is 11.9. The Bertz CT molecular complexity index is 326. The number of thioether (sulfide) groups is 1. The van der Waals surface area contributed by atoms with Gasteiger partial charge in [0, 0.05) is 12.3 Å². The minimum absolute atomic E-state index is 0.0741. The topological polar surface area (TPSA) is 67.1 Å². The summed E-state index contributed by atoms with van der Waals surface area (Å²) in [6, 6.07) is 0. The van der Waals surface area contributed by atoms with E-state index in [4.69, 9.17) is 5.11 Å². The van der Waals surface area contributed by atoms with E-state index in [1.165, 1.54) is 32.4 Å². The zero-order valence-corrected chi connectivity index (χ0v) is 10.8. The number of tetrazole rings is 1. The Morgan fingerprint density at radius 1 is 1.18 bits per heavy atom. The zero-order valence-electron chi connectivity index (χ0n) is 9.96. The van der Waals surface area contributed by atoms with Gasteiger partial charge in [-0.15, -0.1) is 5.10 Å². The van der Waals surface area contributed by atoms with Crippen molar-refractivity contribution in [3.05, 3.63) is 0 Å². The Balaban J connectivity index is 1.71. The SMILES string of the molecule is OCCn1nnnc1SCCN1CCCCC1. The van der Waals surface area contributed by atoms with Crippen molar-refractivity contribution in [1.29, 1.82) is 0 Å². The number of aromatic nitrogens is 4. The van der Waals surface area contributed by atoms with Gasteiger partial charge in [-0.1, -0.05) is 18.2 Å². The first kappa shape index (κ1) is 12.8. The summed E-state index contributed by atoms with van der Waals surface area (Å²) in [7, 11) is 0. The molecule has 7 heteroatoms. The van der Waals surface area contributed by atoms with E-state index < -0.39 is 0 Å². The summed E-state index contributed by atoms with van der Waals surface area (Å²) in [5.41, 5.74) is 0. The normalized spacial score (nSPS) is 17.5. The first-order valence-corrected chi connectivity index (χ1v) is 7.11. The summed E-state index contributed by atoms with van der Waals surface area (Å²) in [6.07, 6.45) is 4.03. The van der Waals surface area contributed by atoms with Gasteiger partial charge in [-0.3, -0.25) is 0 Å². The van der Waals surface area contributed by atoms with Gasteiger partial charge in [-0.25, -0.2) is 4.68 Å². The molecule has 0 saturated carbocycles. The van der Waals surface area contributed by atoms with Crippen LogP contribution in [0.15, 0.2) is 5.16 Å². The molecule has 1 N–H and O–H groups in total. The highest BCUT2D eigenvalue weighted by molar-refractivity contribution is 7.99. The summed E-state index contributed by atoms with van der Waals surface area (Å²) in [6.45, 7) is 4.09. The number of nitrogens with zero attached hydrogens (tertiary/aromatic N) is 5. The molecular formula is C10H19N5OS. The van der Waals surface area contributed by atoms with E-state index in [0.717, 1.165) is 17.5 Å². The second-order valence-electron chi connectivity index (χ2n) is 4.16. The van der Waals surface area contributed by atoms with Crippen molar-refractivity contribution in [3.8, 4) is 0 Å². The molecule has 0 bridgehead atoms. The molecule has 2 heterocycles. The highest BCUT2D eigenvalue weighted by Crippen LogP contribution is 2.15. The fourth-order valence-electron chi connectivity index (χ4n) is 1.98. The van der Waals surface area contributed by atoms with Crippen LogP contribution in [0.4, 0.5) is 0 Å². The van der Waals surface area contributed by atoms with Gasteiger partial charge in [0.05, 0.1) is 13.2 Å². The van der Waals surface area contributed by atoms with E-state index in [0.29, 0.717) is 6.54 Å². The molecule has 0 unspecified atom stereocenters. The summed E-state index contributed by atoms with van der Waals surface area (Å²) < 4.78 is 1.65. The van der Waals surface area contributed by atoms with Crippen LogP contribution < -0.4 is 0 Å². The minimum Gasteiger partial charge on any atom is -0.394 e. The number of hydrogen-bond donors (Lipinski definition) is 1. The predicted molar refractivity (Wildman–Crippen MR) is 65.9 cm³/mol. The first-order valence-electron chi connectivity index (χ1n) is 6.12. The molecule has 0 amide bonds. The number of aliphatic hydroxyl groups is 1. The monoisotopic (exact) mass is 257 g/mol. The molecule has 96 valence electrons. The maximum atomic E-state index is 8.86. The average Bonchev–Trinajstić information content (AvgIpc) is 2.79. The van der Waals surface area contributed by atoms with Crippen molar-refractivity contribution in [2.24, 2.45) is 0 Å². The van der Waals surface area contributed by atoms with Crippen LogP contribution in [0, 0.1) is 0 Å². The Morgan fingerprint density at radius 2 is 2.00 bits per heavy atom. The van der Waals surface area contributed by atoms with Gasteiger partial charge < -0.3 is 10.0 Å². The van der Waals surface area contributed by atoms with Crippen LogP contribution in [0.2, 0.25) is 0 Å². The van der Waals surface area contributed by atoms with E-state index in [2.05, 4.69) is 20.4 Å². The molecule has 1 fully saturated rings. The molecule has 0 atom stereocenters. The smallest absolute Gasteiger partial charge is 0.209 e. The van der Waals surface area contributed by atoms with Crippen LogP contribution in [-0.4, -0.2) is 62.2 Å². The Kier molecular flexibility index (Phi) is 5.21. The lowest BCUT2D eigenvalue weighted by Crippen LogP contribution is -2.31. The molecule has 0 spiro atoms. The van der Waals surface area contributed by atoms with Crippen molar-refractivity contribution in [2.45, 2.75) is 31.0 Å². The Morgan fingerprint density at radius 3 is 2.76 bits per heavy atom. The van der Waals surface area contributed by atoms with Crippen molar-refractivity contribution in [3.63, 3.8) is 0 Å². The number of piperidine rings is 1. The summed E-state index contributed by atoms with van der Waals surface area (Å²) in [4.78, 5) is 2.50. The van der Waals surface area contributed by atoms with Crippen LogP contribution in [0.3, 0.4) is 0 Å². The molecule has 0 aliphatic carbocycles. The van der Waals surface area contributed by atoms with Crippen molar-refractivity contribution >= 4 is 11.8 Å². The molecule has 1 saturated heterocycles. The Hall–Kier alpha value is -0.660. The molecule has 0 aromatic carbocycles. The summed E-state index contributed by atoms with van der Waals surface area (Å²) >= 11 is 1.66. The van der Waals surface area contributed by atoms with Crippen molar-refractivity contribution in [2.75, 3.05) is 32.0 Å².